The summed E-state index contributed by atoms with van der Waals surface area (Å²) in [4.78, 5) is 0. The summed E-state index contributed by atoms with van der Waals surface area (Å²) in [5.74, 6) is 0. The standard InChI is InChI=1S/C12H14O3/c1-9-2-4-10(5-3-9)11(8-13)12-14-6-7-15-12/h2-5,8,12-13H,6-7H2,1H3/b11-8-. The second kappa shape index (κ2) is 4.47. The molecule has 15 heavy (non-hydrogen) atoms. The quantitative estimate of drug-likeness (QED) is 0.754. The first-order chi connectivity index (χ1) is 7.31. The molecule has 0 saturated carbocycles. The summed E-state index contributed by atoms with van der Waals surface area (Å²) in [6, 6.07) is 7.88. The van der Waals surface area contributed by atoms with Crippen LogP contribution in [0.15, 0.2) is 30.5 Å². The van der Waals surface area contributed by atoms with E-state index in [4.69, 9.17) is 9.47 Å². The Morgan fingerprint density at radius 2 is 1.87 bits per heavy atom. The van der Waals surface area contributed by atoms with Crippen LogP contribution in [0.3, 0.4) is 0 Å². The zero-order valence-corrected chi connectivity index (χ0v) is 8.64. The van der Waals surface area contributed by atoms with E-state index < -0.39 is 6.29 Å². The van der Waals surface area contributed by atoms with Gasteiger partial charge in [-0.3, -0.25) is 0 Å². The Bertz CT molecular complexity index is 348. The lowest BCUT2D eigenvalue weighted by atomic mass is 10.1. The Hall–Kier alpha value is -1.32. The molecular weight excluding hydrogens is 192 g/mol. The molecule has 1 saturated heterocycles. The van der Waals surface area contributed by atoms with Gasteiger partial charge in [-0.25, -0.2) is 0 Å². The van der Waals surface area contributed by atoms with Gasteiger partial charge in [0.2, 0.25) is 0 Å². The largest absolute Gasteiger partial charge is 0.515 e. The molecule has 1 fully saturated rings. The number of aliphatic hydroxyl groups is 1. The topological polar surface area (TPSA) is 38.7 Å². The summed E-state index contributed by atoms with van der Waals surface area (Å²) >= 11 is 0. The first kappa shape index (κ1) is 10.2. The molecule has 0 spiro atoms. The van der Waals surface area contributed by atoms with Crippen molar-refractivity contribution >= 4 is 5.57 Å². The van der Waals surface area contributed by atoms with Crippen molar-refractivity contribution in [3.63, 3.8) is 0 Å². The Morgan fingerprint density at radius 3 is 2.40 bits per heavy atom. The fourth-order valence-corrected chi connectivity index (χ4v) is 1.56. The maximum absolute atomic E-state index is 9.19. The number of aryl methyl sites for hydroxylation is 1. The van der Waals surface area contributed by atoms with Gasteiger partial charge in [-0.1, -0.05) is 29.8 Å². The zero-order chi connectivity index (χ0) is 10.7. The van der Waals surface area contributed by atoms with Crippen molar-refractivity contribution in [1.29, 1.82) is 0 Å². The van der Waals surface area contributed by atoms with Gasteiger partial charge >= 0.3 is 0 Å². The van der Waals surface area contributed by atoms with Crippen LogP contribution in [0.5, 0.6) is 0 Å². The molecule has 0 unspecified atom stereocenters. The minimum absolute atomic E-state index is 0.433. The van der Waals surface area contributed by atoms with Crippen molar-refractivity contribution in [2.75, 3.05) is 13.2 Å². The lowest BCUT2D eigenvalue weighted by Gasteiger charge is -2.12. The molecule has 2 rings (SSSR count). The first-order valence-corrected chi connectivity index (χ1v) is 4.96. The SMILES string of the molecule is Cc1ccc(/C(=C/O)C2OCCO2)cc1. The molecule has 1 aromatic carbocycles. The highest BCUT2D eigenvalue weighted by atomic mass is 16.7. The summed E-state index contributed by atoms with van der Waals surface area (Å²) in [7, 11) is 0. The molecule has 0 aliphatic carbocycles. The highest BCUT2D eigenvalue weighted by Crippen LogP contribution is 2.24. The zero-order valence-electron chi connectivity index (χ0n) is 8.64. The number of hydrogen-bond donors (Lipinski definition) is 1. The highest BCUT2D eigenvalue weighted by molar-refractivity contribution is 5.67. The maximum atomic E-state index is 9.19. The minimum atomic E-state index is -0.433. The molecule has 80 valence electrons. The summed E-state index contributed by atoms with van der Waals surface area (Å²) in [6.45, 7) is 3.18. The van der Waals surface area contributed by atoms with Crippen molar-refractivity contribution in [3.8, 4) is 0 Å². The van der Waals surface area contributed by atoms with Crippen LogP contribution in [0.25, 0.3) is 5.57 Å². The van der Waals surface area contributed by atoms with Crippen molar-refractivity contribution in [2.45, 2.75) is 13.2 Å². The molecule has 3 nitrogen and oxygen atoms in total. The van der Waals surface area contributed by atoms with Crippen LogP contribution in [0, 0.1) is 6.92 Å². The minimum Gasteiger partial charge on any atom is -0.515 e. The van der Waals surface area contributed by atoms with Crippen molar-refractivity contribution in [3.05, 3.63) is 41.7 Å². The third kappa shape index (κ3) is 2.19. The number of rotatable bonds is 2. The Balaban J connectivity index is 2.23. The van der Waals surface area contributed by atoms with Gasteiger partial charge in [0.15, 0.2) is 6.29 Å². The monoisotopic (exact) mass is 206 g/mol. The highest BCUT2D eigenvalue weighted by Gasteiger charge is 2.22. The molecule has 1 heterocycles. The predicted octanol–water partition coefficient (Wildman–Crippen LogP) is 2.27. The summed E-state index contributed by atoms with van der Waals surface area (Å²) in [5.41, 5.74) is 2.78. The van der Waals surface area contributed by atoms with Crippen LogP contribution in [0.1, 0.15) is 11.1 Å². The van der Waals surface area contributed by atoms with E-state index >= 15 is 0 Å². The molecule has 3 heteroatoms. The van der Waals surface area contributed by atoms with Gasteiger partial charge < -0.3 is 14.6 Å². The number of aliphatic hydroxyl groups excluding tert-OH is 1. The van der Waals surface area contributed by atoms with Gasteiger partial charge in [-0.05, 0) is 12.5 Å². The average Bonchev–Trinajstić information content (AvgIpc) is 2.75. The summed E-state index contributed by atoms with van der Waals surface area (Å²) in [5, 5.41) is 9.19. The molecule has 0 bridgehead atoms. The van der Waals surface area contributed by atoms with E-state index in [0.29, 0.717) is 18.8 Å². The fraction of sp³-hybridized carbons (Fsp3) is 0.333. The Morgan fingerprint density at radius 1 is 1.27 bits per heavy atom. The van der Waals surface area contributed by atoms with Crippen LogP contribution in [-0.2, 0) is 9.47 Å². The van der Waals surface area contributed by atoms with Gasteiger partial charge in [0.1, 0.15) is 0 Å². The van der Waals surface area contributed by atoms with Crippen LogP contribution >= 0.6 is 0 Å². The third-order valence-electron chi connectivity index (χ3n) is 2.40. The number of hydrogen-bond acceptors (Lipinski definition) is 3. The van der Waals surface area contributed by atoms with E-state index in [1.165, 1.54) is 5.56 Å². The molecule has 1 aliphatic heterocycles. The first-order valence-electron chi connectivity index (χ1n) is 4.96. The predicted molar refractivity (Wildman–Crippen MR) is 57.5 cm³/mol. The number of benzene rings is 1. The van der Waals surface area contributed by atoms with Gasteiger partial charge in [0.25, 0.3) is 0 Å². The molecule has 1 N–H and O–H groups in total. The van der Waals surface area contributed by atoms with E-state index in [1.54, 1.807) is 0 Å². The van der Waals surface area contributed by atoms with E-state index in [-0.39, 0.29) is 0 Å². The van der Waals surface area contributed by atoms with Gasteiger partial charge in [-0.15, -0.1) is 0 Å². The van der Waals surface area contributed by atoms with Crippen LogP contribution < -0.4 is 0 Å². The summed E-state index contributed by atoms with van der Waals surface area (Å²) < 4.78 is 10.7. The Kier molecular flexibility index (Phi) is 3.04. The lowest BCUT2D eigenvalue weighted by molar-refractivity contribution is 0.00593. The lowest BCUT2D eigenvalue weighted by Crippen LogP contribution is -2.10. The van der Waals surface area contributed by atoms with Crippen molar-refractivity contribution < 1.29 is 14.6 Å². The van der Waals surface area contributed by atoms with E-state index in [9.17, 15) is 5.11 Å². The van der Waals surface area contributed by atoms with Crippen LogP contribution in [0.2, 0.25) is 0 Å². The van der Waals surface area contributed by atoms with E-state index in [1.807, 2.05) is 31.2 Å². The maximum Gasteiger partial charge on any atom is 0.187 e. The molecule has 1 aromatic rings. The normalized spacial score (nSPS) is 18.3. The average molecular weight is 206 g/mol. The molecular formula is C12H14O3. The Labute approximate surface area is 88.9 Å². The van der Waals surface area contributed by atoms with Crippen molar-refractivity contribution in [2.24, 2.45) is 0 Å². The molecule has 0 aromatic heterocycles. The smallest absolute Gasteiger partial charge is 0.187 e. The van der Waals surface area contributed by atoms with E-state index in [2.05, 4.69) is 0 Å². The fourth-order valence-electron chi connectivity index (χ4n) is 1.56. The van der Waals surface area contributed by atoms with Gasteiger partial charge in [0.05, 0.1) is 19.5 Å². The van der Waals surface area contributed by atoms with Crippen LogP contribution in [0.4, 0.5) is 0 Å². The molecule has 0 amide bonds. The molecule has 0 radical (unpaired) electrons. The van der Waals surface area contributed by atoms with Gasteiger partial charge in [0, 0.05) is 5.57 Å². The van der Waals surface area contributed by atoms with Crippen LogP contribution in [-0.4, -0.2) is 24.6 Å². The molecule has 1 aliphatic rings. The van der Waals surface area contributed by atoms with Crippen molar-refractivity contribution in [1.82, 2.24) is 0 Å². The van der Waals surface area contributed by atoms with Gasteiger partial charge in [-0.2, -0.15) is 0 Å². The number of ether oxygens (including phenoxy) is 2. The van der Waals surface area contributed by atoms with E-state index in [0.717, 1.165) is 11.8 Å². The second-order valence-corrected chi connectivity index (χ2v) is 3.52. The third-order valence-corrected chi connectivity index (χ3v) is 2.40. The molecule has 0 atom stereocenters. The summed E-state index contributed by atoms with van der Waals surface area (Å²) in [6.07, 6.45) is 0.624. The second-order valence-electron chi connectivity index (χ2n) is 3.52.